The molecule has 0 atom stereocenters. The fraction of sp³-hybridized carbons (Fsp3) is 0.583. The zero-order valence-corrected chi connectivity index (χ0v) is 9.91. The third-order valence-electron chi connectivity index (χ3n) is 3.09. The third-order valence-corrected chi connectivity index (χ3v) is 3.09. The molecule has 0 bridgehead atoms. The fourth-order valence-electron chi connectivity index (χ4n) is 1.26. The van der Waals surface area contributed by atoms with Gasteiger partial charge in [0.1, 0.15) is 5.76 Å². The first kappa shape index (κ1) is 12.0. The Morgan fingerprint density at radius 1 is 1.47 bits per heavy atom. The Hall–Kier alpha value is -1.09. The summed E-state index contributed by atoms with van der Waals surface area (Å²) in [4.78, 5) is 12.7. The summed E-state index contributed by atoms with van der Waals surface area (Å²) in [6, 6.07) is 3.56. The minimum absolute atomic E-state index is 0.147. The molecule has 1 heterocycles. The molecule has 0 saturated heterocycles. The van der Waals surface area contributed by atoms with Gasteiger partial charge in [-0.25, -0.2) is 0 Å². The summed E-state index contributed by atoms with van der Waals surface area (Å²) in [6.45, 7) is 7.28. The molecule has 0 N–H and O–H groups in total. The predicted molar refractivity (Wildman–Crippen MR) is 59.9 cm³/mol. The van der Waals surface area contributed by atoms with E-state index in [-0.39, 0.29) is 5.54 Å². The molecular formula is C12H19NO2. The van der Waals surface area contributed by atoms with Crippen LogP contribution in [0, 0.1) is 0 Å². The number of aldehydes is 1. The molecule has 84 valence electrons. The highest BCUT2D eigenvalue weighted by molar-refractivity contribution is 5.70. The van der Waals surface area contributed by atoms with Crippen LogP contribution in [0.1, 0.15) is 43.5 Å². The summed E-state index contributed by atoms with van der Waals surface area (Å²) in [7, 11) is 2.06. The van der Waals surface area contributed by atoms with Crippen LogP contribution in [-0.2, 0) is 6.54 Å². The van der Waals surface area contributed by atoms with Gasteiger partial charge in [0.2, 0.25) is 0 Å². The van der Waals surface area contributed by atoms with Crippen LogP contribution >= 0.6 is 0 Å². The van der Waals surface area contributed by atoms with E-state index in [2.05, 4.69) is 32.7 Å². The van der Waals surface area contributed by atoms with E-state index in [4.69, 9.17) is 4.42 Å². The number of furan rings is 1. The number of rotatable bonds is 5. The van der Waals surface area contributed by atoms with Crippen molar-refractivity contribution in [3.05, 3.63) is 23.7 Å². The van der Waals surface area contributed by atoms with Crippen molar-refractivity contribution in [2.24, 2.45) is 0 Å². The summed E-state index contributed by atoms with van der Waals surface area (Å²) >= 11 is 0. The molecule has 1 aromatic heterocycles. The first-order chi connectivity index (χ1) is 6.99. The van der Waals surface area contributed by atoms with Gasteiger partial charge in [-0.2, -0.15) is 0 Å². The average molecular weight is 209 g/mol. The molecule has 15 heavy (non-hydrogen) atoms. The monoisotopic (exact) mass is 209 g/mol. The first-order valence-corrected chi connectivity index (χ1v) is 5.24. The molecule has 1 aromatic rings. The number of carbonyl (C=O) groups is 1. The Balaban J connectivity index is 2.65. The van der Waals surface area contributed by atoms with E-state index >= 15 is 0 Å². The van der Waals surface area contributed by atoms with Crippen LogP contribution in [0.15, 0.2) is 16.5 Å². The van der Waals surface area contributed by atoms with E-state index in [1.807, 2.05) is 6.07 Å². The highest BCUT2D eigenvalue weighted by Gasteiger charge is 2.21. The quantitative estimate of drug-likeness (QED) is 0.699. The van der Waals surface area contributed by atoms with Crippen molar-refractivity contribution in [2.45, 2.75) is 39.3 Å². The molecule has 0 spiro atoms. The Bertz CT molecular complexity index is 328. The van der Waals surface area contributed by atoms with Gasteiger partial charge in [0.25, 0.3) is 0 Å². The first-order valence-electron chi connectivity index (χ1n) is 5.24. The second-order valence-electron chi connectivity index (χ2n) is 4.44. The molecule has 1 rings (SSSR count). The molecule has 3 heteroatoms. The topological polar surface area (TPSA) is 33.5 Å². The minimum Gasteiger partial charge on any atom is -0.457 e. The summed E-state index contributed by atoms with van der Waals surface area (Å²) in [5, 5.41) is 0. The van der Waals surface area contributed by atoms with Gasteiger partial charge in [0.15, 0.2) is 12.0 Å². The Labute approximate surface area is 91.1 Å². The highest BCUT2D eigenvalue weighted by atomic mass is 16.3. The minimum atomic E-state index is 0.147. The molecule has 0 fully saturated rings. The summed E-state index contributed by atoms with van der Waals surface area (Å²) in [5.41, 5.74) is 0.147. The van der Waals surface area contributed by atoms with Gasteiger partial charge in [-0.3, -0.25) is 9.69 Å². The zero-order chi connectivity index (χ0) is 11.5. The van der Waals surface area contributed by atoms with E-state index in [0.717, 1.165) is 25.0 Å². The fourth-order valence-corrected chi connectivity index (χ4v) is 1.26. The van der Waals surface area contributed by atoms with E-state index in [0.29, 0.717) is 5.76 Å². The summed E-state index contributed by atoms with van der Waals surface area (Å²) < 4.78 is 5.33. The normalized spacial score (nSPS) is 12.1. The van der Waals surface area contributed by atoms with Gasteiger partial charge >= 0.3 is 0 Å². The van der Waals surface area contributed by atoms with Crippen LogP contribution in [0.4, 0.5) is 0 Å². The molecule has 3 nitrogen and oxygen atoms in total. The smallest absolute Gasteiger partial charge is 0.185 e. The molecule has 0 amide bonds. The van der Waals surface area contributed by atoms with Crippen LogP contribution in [0.3, 0.4) is 0 Å². The molecule has 0 saturated carbocycles. The number of carbonyl (C=O) groups excluding carboxylic acids is 1. The van der Waals surface area contributed by atoms with Crippen molar-refractivity contribution in [3.8, 4) is 0 Å². The van der Waals surface area contributed by atoms with E-state index in [1.54, 1.807) is 6.07 Å². The lowest BCUT2D eigenvalue weighted by Crippen LogP contribution is -2.39. The van der Waals surface area contributed by atoms with Gasteiger partial charge in [0, 0.05) is 5.54 Å². The number of hydrogen-bond acceptors (Lipinski definition) is 3. The Kier molecular flexibility index (Phi) is 3.69. The van der Waals surface area contributed by atoms with Crippen molar-refractivity contribution in [1.82, 2.24) is 4.90 Å². The lowest BCUT2D eigenvalue weighted by Gasteiger charge is -2.34. The Morgan fingerprint density at radius 2 is 2.13 bits per heavy atom. The standard InChI is InChI=1S/C12H19NO2/c1-5-12(2,3)13(4)8-10-6-7-11(9-14)15-10/h6-7,9H,5,8H2,1-4H3. The van der Waals surface area contributed by atoms with Crippen LogP contribution in [0.5, 0.6) is 0 Å². The molecular weight excluding hydrogens is 190 g/mol. The number of nitrogens with zero attached hydrogens (tertiary/aromatic N) is 1. The lowest BCUT2D eigenvalue weighted by atomic mass is 10.00. The van der Waals surface area contributed by atoms with Gasteiger partial charge in [0.05, 0.1) is 6.54 Å². The van der Waals surface area contributed by atoms with Crippen LogP contribution in [0.25, 0.3) is 0 Å². The van der Waals surface area contributed by atoms with Gasteiger partial charge < -0.3 is 4.42 Å². The molecule has 0 aliphatic heterocycles. The lowest BCUT2D eigenvalue weighted by molar-refractivity contribution is 0.108. The van der Waals surface area contributed by atoms with Crippen LogP contribution in [0.2, 0.25) is 0 Å². The van der Waals surface area contributed by atoms with Gasteiger partial charge in [-0.05, 0) is 39.4 Å². The summed E-state index contributed by atoms with van der Waals surface area (Å²) in [6.07, 6.45) is 1.80. The van der Waals surface area contributed by atoms with E-state index < -0.39 is 0 Å². The summed E-state index contributed by atoms with van der Waals surface area (Å²) in [5.74, 6) is 1.23. The van der Waals surface area contributed by atoms with Crippen molar-refractivity contribution < 1.29 is 9.21 Å². The number of hydrogen-bond donors (Lipinski definition) is 0. The molecule has 0 radical (unpaired) electrons. The van der Waals surface area contributed by atoms with Crippen molar-refractivity contribution in [2.75, 3.05) is 7.05 Å². The molecule has 0 aliphatic carbocycles. The third kappa shape index (κ3) is 2.93. The molecule has 0 unspecified atom stereocenters. The molecule has 0 aliphatic rings. The van der Waals surface area contributed by atoms with Crippen molar-refractivity contribution in [3.63, 3.8) is 0 Å². The predicted octanol–water partition coefficient (Wildman–Crippen LogP) is 2.71. The van der Waals surface area contributed by atoms with Gasteiger partial charge in [-0.1, -0.05) is 6.92 Å². The Morgan fingerprint density at radius 3 is 2.60 bits per heavy atom. The second-order valence-corrected chi connectivity index (χ2v) is 4.44. The maximum atomic E-state index is 10.5. The second kappa shape index (κ2) is 4.62. The van der Waals surface area contributed by atoms with Crippen molar-refractivity contribution >= 4 is 6.29 Å². The van der Waals surface area contributed by atoms with E-state index in [9.17, 15) is 4.79 Å². The zero-order valence-electron chi connectivity index (χ0n) is 9.91. The molecule has 0 aromatic carbocycles. The highest BCUT2D eigenvalue weighted by Crippen LogP contribution is 2.19. The average Bonchev–Trinajstić information content (AvgIpc) is 2.65. The van der Waals surface area contributed by atoms with Crippen molar-refractivity contribution in [1.29, 1.82) is 0 Å². The largest absolute Gasteiger partial charge is 0.457 e. The SMILES string of the molecule is CCC(C)(C)N(C)Cc1ccc(C=O)o1. The maximum Gasteiger partial charge on any atom is 0.185 e. The van der Waals surface area contributed by atoms with Crippen LogP contribution in [-0.4, -0.2) is 23.8 Å². The van der Waals surface area contributed by atoms with Gasteiger partial charge in [-0.15, -0.1) is 0 Å². The van der Waals surface area contributed by atoms with E-state index in [1.165, 1.54) is 0 Å². The van der Waals surface area contributed by atoms with Crippen LogP contribution < -0.4 is 0 Å². The maximum absolute atomic E-state index is 10.5.